The van der Waals surface area contributed by atoms with Crippen LogP contribution in [0.1, 0.15) is 93.0 Å². The summed E-state index contributed by atoms with van der Waals surface area (Å²) in [6.45, 7) is -2.11. The van der Waals surface area contributed by atoms with Crippen LogP contribution >= 0.6 is 6.83 Å². The van der Waals surface area contributed by atoms with Crippen molar-refractivity contribution in [1.29, 1.82) is 0 Å². The van der Waals surface area contributed by atoms with E-state index in [-0.39, 0.29) is 29.1 Å². The Kier molecular flexibility index (Phi) is 14.1. The molecule has 3 aliphatic carbocycles. The number of benzene rings is 4. The van der Waals surface area contributed by atoms with Crippen molar-refractivity contribution in [3.8, 4) is 5.75 Å². The molecule has 4 aromatic carbocycles. The van der Waals surface area contributed by atoms with Crippen molar-refractivity contribution in [3.63, 3.8) is 0 Å². The second-order valence-electron chi connectivity index (χ2n) is 18.4. The molecular weight excluding hydrogens is 858 g/mol. The third-order valence-electron chi connectivity index (χ3n) is 14.3. The monoisotopic (exact) mass is 919 g/mol. The fourth-order valence-corrected chi connectivity index (χ4v) is 16.0. The predicted molar refractivity (Wildman–Crippen MR) is 257 cm³/mol. The first kappa shape index (κ1) is 48.2. The number of Topliss-reactive ketones (excluding diaryl/α,β-unsaturated/α-hetero) is 2. The fourth-order valence-electron chi connectivity index (χ4n) is 11.1. The Balaban J connectivity index is 0.939. The van der Waals surface area contributed by atoms with Gasteiger partial charge in [-0.25, -0.2) is 0 Å². The summed E-state index contributed by atoms with van der Waals surface area (Å²) in [4.78, 5) is 68.2. The number of carbonyl (C=O) groups excluding carboxylic acids is 4. The molecule has 0 radical (unpaired) electrons. The van der Waals surface area contributed by atoms with Gasteiger partial charge in [-0.15, -0.1) is 0 Å². The van der Waals surface area contributed by atoms with Gasteiger partial charge in [-0.1, -0.05) is 6.92 Å². The molecule has 3 aliphatic rings. The van der Waals surface area contributed by atoms with E-state index in [4.69, 9.17) is 5.73 Å². The van der Waals surface area contributed by atoms with Crippen LogP contribution in [0.4, 0.5) is 5.69 Å². The van der Waals surface area contributed by atoms with Crippen molar-refractivity contribution < 1.29 is 49.6 Å². The van der Waals surface area contributed by atoms with Crippen molar-refractivity contribution in [3.05, 3.63) is 137 Å². The van der Waals surface area contributed by atoms with Crippen LogP contribution in [0.15, 0.2) is 126 Å². The van der Waals surface area contributed by atoms with E-state index in [1.54, 1.807) is 6.92 Å². The number of amides is 2. The number of nitrogens with two attached hydrogens (primary N) is 1. The molecule has 0 heterocycles. The van der Waals surface area contributed by atoms with Crippen molar-refractivity contribution in [2.75, 3.05) is 25.6 Å². The Morgan fingerprint density at radius 1 is 0.742 bits per heavy atom. The van der Waals surface area contributed by atoms with E-state index < -0.39 is 88.2 Å². The third kappa shape index (κ3) is 8.15. The number of phenols is 1. The zero-order valence-electron chi connectivity index (χ0n) is 37.8. The maximum Gasteiger partial charge on any atom is 0.255 e. The Hall–Kier alpha value is -5.69. The topological polar surface area (TPSA) is 231 Å². The maximum absolute atomic E-state index is 14.2. The number of unbranched alkanes of at least 4 members (excludes halogenated alkanes) is 8. The number of nitrogens with one attached hydrogen (secondary N) is 1. The molecule has 4 aromatic rings. The van der Waals surface area contributed by atoms with Gasteiger partial charge < -0.3 is 36.6 Å². The molecule has 0 spiro atoms. The number of carbonyl (C=O) groups is 4. The van der Waals surface area contributed by atoms with Gasteiger partial charge in [0.2, 0.25) is 5.78 Å². The van der Waals surface area contributed by atoms with Crippen LogP contribution in [-0.4, -0.2) is 96.7 Å². The zero-order chi connectivity index (χ0) is 47.6. The van der Waals surface area contributed by atoms with Crippen molar-refractivity contribution in [2.24, 2.45) is 17.6 Å². The number of aromatic hydroxyl groups is 1. The standard InChI is InChI=1S/C52H62N3O10P/c1-32-39-36(29-30-37(56)41(39)46(58)42-40(32)47(59)44-45(55(2)3)48(60)43(51(53)63)50(62)52(44,64)49(42)61)54-38(57)28-20-9-7-5-4-6-8-10-21-31-66(65,33-22-14-11-15-23-33,34-24-16-12-17-25-34)35-26-18-13-19-27-35/h11-19,22-27,29-30,32,40,44-45,47,56,59-61,64-65H,4-10,20-21,28,31H2,1-3H3,(H2,53,63)(H,54,57)/t32-,40+,44+,45-,47-,52-/m0/s1. The van der Waals surface area contributed by atoms with E-state index in [9.17, 15) is 49.6 Å². The summed E-state index contributed by atoms with van der Waals surface area (Å²) in [6.07, 6.45) is 7.56. The molecule has 7 rings (SSSR count). The number of hydrogen-bond acceptors (Lipinski definition) is 11. The molecule has 14 heteroatoms. The summed E-state index contributed by atoms with van der Waals surface area (Å²) in [5, 5.41) is 63.5. The van der Waals surface area contributed by atoms with Crippen LogP contribution in [0.25, 0.3) is 0 Å². The van der Waals surface area contributed by atoms with Crippen LogP contribution in [0.2, 0.25) is 0 Å². The molecule has 350 valence electrons. The Bertz CT molecular complexity index is 2450. The smallest absolute Gasteiger partial charge is 0.255 e. The van der Waals surface area contributed by atoms with Gasteiger partial charge in [-0.2, -0.15) is 0 Å². The average molecular weight is 920 g/mol. The second kappa shape index (κ2) is 19.3. The number of fused-ring (bicyclic) bond motifs is 3. The van der Waals surface area contributed by atoms with Gasteiger partial charge in [0.1, 0.15) is 22.8 Å². The van der Waals surface area contributed by atoms with Gasteiger partial charge in [0.15, 0.2) is 11.4 Å². The van der Waals surface area contributed by atoms with Gasteiger partial charge in [0.25, 0.3) is 5.91 Å². The minimum atomic E-state index is -3.74. The molecule has 66 heavy (non-hydrogen) atoms. The Labute approximate surface area is 385 Å². The number of hydrogen-bond donors (Lipinski definition) is 8. The number of likely N-dealkylation sites (N-methyl/N-ethyl adjacent to an activating group) is 1. The first-order valence-corrected chi connectivity index (χ1v) is 25.3. The van der Waals surface area contributed by atoms with Gasteiger partial charge in [0.05, 0.1) is 23.6 Å². The van der Waals surface area contributed by atoms with E-state index >= 15 is 0 Å². The number of nitrogens with zero attached hydrogens (tertiary/aromatic N) is 1. The first-order valence-electron chi connectivity index (χ1n) is 22.9. The Morgan fingerprint density at radius 3 is 1.71 bits per heavy atom. The van der Waals surface area contributed by atoms with Crippen LogP contribution in [0.5, 0.6) is 5.75 Å². The van der Waals surface area contributed by atoms with E-state index in [0.717, 1.165) is 67.3 Å². The molecule has 0 bridgehead atoms. The SMILES string of the molecule is C[C@H]1c2c(NC(=O)CCCCCCCCCCCP(O)(c3ccccc3)(c3ccccc3)c3ccccc3)ccc(O)c2C(=O)C2=C(O)[C@]3(O)C(=O)C(C(N)=O)=C(O)[C@@H](N(C)C)[C@@H]3[C@@H](O)[C@@H]21. The van der Waals surface area contributed by atoms with Gasteiger partial charge in [-0.3, -0.25) is 24.1 Å². The summed E-state index contributed by atoms with van der Waals surface area (Å²) in [5.74, 6) is -10.3. The first-order chi connectivity index (χ1) is 31.5. The number of primary amides is 1. The quantitative estimate of drug-likeness (QED) is 0.0252. The number of aliphatic hydroxyl groups excluding tert-OH is 3. The number of ketones is 2. The molecule has 13 nitrogen and oxygen atoms in total. The Morgan fingerprint density at radius 2 is 1.23 bits per heavy atom. The van der Waals surface area contributed by atoms with Crippen LogP contribution < -0.4 is 27.0 Å². The third-order valence-corrected chi connectivity index (χ3v) is 19.7. The summed E-state index contributed by atoms with van der Waals surface area (Å²) in [5.41, 5.74) is 1.08. The van der Waals surface area contributed by atoms with Gasteiger partial charge in [0, 0.05) is 17.2 Å². The molecule has 0 aliphatic heterocycles. The molecule has 2 amide bonds. The van der Waals surface area contributed by atoms with E-state index in [1.807, 2.05) is 54.6 Å². The minimum Gasteiger partial charge on any atom is -0.510 e. The van der Waals surface area contributed by atoms with Crippen LogP contribution in [0, 0.1) is 11.8 Å². The van der Waals surface area contributed by atoms with E-state index in [2.05, 4.69) is 41.7 Å². The maximum atomic E-state index is 14.2. The fraction of sp³-hybridized carbons (Fsp3) is 0.385. The predicted octanol–water partition coefficient (Wildman–Crippen LogP) is 5.93. The van der Waals surface area contributed by atoms with Crippen LogP contribution in [-0.2, 0) is 14.4 Å². The number of anilines is 1. The van der Waals surface area contributed by atoms with Crippen molar-refractivity contribution >= 4 is 51.8 Å². The van der Waals surface area contributed by atoms with Gasteiger partial charge >= 0.3 is 195 Å². The molecule has 0 unspecified atom stereocenters. The zero-order valence-corrected chi connectivity index (χ0v) is 38.7. The number of phenolic OH excluding ortho intramolecular Hbond substituents is 1. The largest absolute Gasteiger partial charge is 0.510 e. The van der Waals surface area contributed by atoms with Crippen molar-refractivity contribution in [2.45, 2.75) is 94.8 Å². The minimum absolute atomic E-state index is 0.197. The number of aliphatic hydroxyl groups is 4. The summed E-state index contributed by atoms with van der Waals surface area (Å²) in [6, 6.07) is 31.7. The van der Waals surface area contributed by atoms with Crippen LogP contribution in [0.3, 0.4) is 0 Å². The van der Waals surface area contributed by atoms with Crippen molar-refractivity contribution in [1.82, 2.24) is 4.90 Å². The molecule has 6 atom stereocenters. The summed E-state index contributed by atoms with van der Waals surface area (Å²) in [7, 11) is 2.95. The molecule has 0 saturated carbocycles. The molecule has 0 aromatic heterocycles. The number of rotatable bonds is 18. The summed E-state index contributed by atoms with van der Waals surface area (Å²) >= 11 is 0. The summed E-state index contributed by atoms with van der Waals surface area (Å²) < 4.78 is 0. The molecule has 0 fully saturated rings. The molecular formula is C52H62N3O10P. The van der Waals surface area contributed by atoms with Gasteiger partial charge in [-0.05, 0) is 37.7 Å². The second-order valence-corrected chi connectivity index (χ2v) is 22.9. The van der Waals surface area contributed by atoms with E-state index in [0.29, 0.717) is 12.6 Å². The average Bonchev–Trinajstić information content (AvgIpc) is 3.30. The molecule has 0 saturated heterocycles. The molecule has 9 N–H and O–H groups in total. The van der Waals surface area contributed by atoms with E-state index in [1.165, 1.54) is 31.1 Å². The normalized spacial score (nSPS) is 23.4.